The summed E-state index contributed by atoms with van der Waals surface area (Å²) in [7, 11) is 0. The zero-order valence-corrected chi connectivity index (χ0v) is 16.0. The van der Waals surface area contributed by atoms with Crippen LogP contribution in [0, 0.1) is 11.3 Å². The van der Waals surface area contributed by atoms with Gasteiger partial charge in [0.15, 0.2) is 0 Å². The van der Waals surface area contributed by atoms with Gasteiger partial charge in [-0.05, 0) is 54.9 Å². The van der Waals surface area contributed by atoms with Gasteiger partial charge in [-0.3, -0.25) is 4.79 Å². The highest BCUT2D eigenvalue weighted by molar-refractivity contribution is 8.00. The van der Waals surface area contributed by atoms with Crippen molar-refractivity contribution in [3.8, 4) is 6.07 Å². The van der Waals surface area contributed by atoms with Crippen LogP contribution < -0.4 is 5.32 Å². The third-order valence-corrected chi connectivity index (χ3v) is 5.57. The Kier molecular flexibility index (Phi) is 5.95. The first-order valence-electron chi connectivity index (χ1n) is 9.03. The minimum Gasteiger partial charge on any atom is -0.325 e. The third-order valence-electron chi connectivity index (χ3n) is 4.58. The summed E-state index contributed by atoms with van der Waals surface area (Å²) in [6.07, 6.45) is 4.25. The Morgan fingerprint density at radius 3 is 2.85 bits per heavy atom. The van der Waals surface area contributed by atoms with E-state index in [-0.39, 0.29) is 11.7 Å². The SMILES string of the molecule is CC(C)c1ccccc1NC(=O)CSc1nc2c(cc1C#N)CCCC2. The lowest BCUT2D eigenvalue weighted by Crippen LogP contribution is -2.16. The maximum atomic E-state index is 12.4. The molecule has 1 aromatic heterocycles. The van der Waals surface area contributed by atoms with Gasteiger partial charge in [-0.1, -0.05) is 43.8 Å². The molecule has 0 fully saturated rings. The fourth-order valence-corrected chi connectivity index (χ4v) is 4.01. The van der Waals surface area contributed by atoms with E-state index >= 15 is 0 Å². The van der Waals surface area contributed by atoms with Crippen LogP contribution >= 0.6 is 11.8 Å². The topological polar surface area (TPSA) is 65.8 Å². The van der Waals surface area contributed by atoms with E-state index in [1.807, 2.05) is 30.3 Å². The zero-order chi connectivity index (χ0) is 18.5. The van der Waals surface area contributed by atoms with E-state index in [1.54, 1.807) is 0 Å². The number of aromatic nitrogens is 1. The van der Waals surface area contributed by atoms with E-state index in [2.05, 4.69) is 30.2 Å². The summed E-state index contributed by atoms with van der Waals surface area (Å²) in [5, 5.41) is 13.1. The van der Waals surface area contributed by atoms with Crippen LogP contribution in [0.5, 0.6) is 0 Å². The van der Waals surface area contributed by atoms with Crippen molar-refractivity contribution < 1.29 is 4.79 Å². The van der Waals surface area contributed by atoms with Crippen molar-refractivity contribution in [2.24, 2.45) is 0 Å². The standard InChI is InChI=1S/C21H23N3OS/c1-14(2)17-8-4-6-10-19(17)23-20(25)13-26-21-16(12-22)11-15-7-3-5-9-18(15)24-21/h4,6,8,10-11,14H,3,5,7,9,13H2,1-2H3,(H,23,25). The second kappa shape index (κ2) is 8.37. The number of hydrogen-bond acceptors (Lipinski definition) is 4. The number of nitriles is 1. The Hall–Kier alpha value is -2.32. The zero-order valence-electron chi connectivity index (χ0n) is 15.2. The fraction of sp³-hybridized carbons (Fsp3) is 0.381. The highest BCUT2D eigenvalue weighted by Crippen LogP contribution is 2.28. The smallest absolute Gasteiger partial charge is 0.234 e. The molecule has 1 aromatic carbocycles. The Morgan fingerprint density at radius 1 is 1.31 bits per heavy atom. The molecule has 5 heteroatoms. The van der Waals surface area contributed by atoms with Crippen molar-refractivity contribution in [3.05, 3.63) is 52.7 Å². The molecule has 0 unspecified atom stereocenters. The molecule has 1 aliphatic rings. The van der Waals surface area contributed by atoms with E-state index < -0.39 is 0 Å². The molecule has 0 radical (unpaired) electrons. The molecule has 3 rings (SSSR count). The number of nitrogens with one attached hydrogen (secondary N) is 1. The Bertz CT molecular complexity index is 855. The highest BCUT2D eigenvalue weighted by Gasteiger charge is 2.17. The average molecular weight is 366 g/mol. The lowest BCUT2D eigenvalue weighted by molar-refractivity contribution is -0.113. The Labute approximate surface area is 159 Å². The van der Waals surface area contributed by atoms with Crippen LogP contribution in [0.25, 0.3) is 0 Å². The minimum atomic E-state index is -0.0773. The molecule has 0 bridgehead atoms. The van der Waals surface area contributed by atoms with E-state index in [0.29, 0.717) is 16.5 Å². The molecule has 1 heterocycles. The molecule has 0 aliphatic heterocycles. The number of pyridine rings is 1. The maximum absolute atomic E-state index is 12.4. The minimum absolute atomic E-state index is 0.0773. The van der Waals surface area contributed by atoms with Crippen LogP contribution in [0.3, 0.4) is 0 Å². The van der Waals surface area contributed by atoms with Crippen LogP contribution in [-0.4, -0.2) is 16.6 Å². The van der Waals surface area contributed by atoms with Gasteiger partial charge in [0, 0.05) is 11.4 Å². The maximum Gasteiger partial charge on any atom is 0.234 e. The highest BCUT2D eigenvalue weighted by atomic mass is 32.2. The molecular weight excluding hydrogens is 342 g/mol. The fourth-order valence-electron chi connectivity index (χ4n) is 3.24. The molecule has 2 aromatic rings. The number of anilines is 1. The van der Waals surface area contributed by atoms with Gasteiger partial charge < -0.3 is 5.32 Å². The second-order valence-electron chi connectivity index (χ2n) is 6.84. The van der Waals surface area contributed by atoms with E-state index in [0.717, 1.165) is 42.6 Å². The monoisotopic (exact) mass is 365 g/mol. The molecule has 26 heavy (non-hydrogen) atoms. The van der Waals surface area contributed by atoms with Gasteiger partial charge in [0.05, 0.1) is 11.3 Å². The van der Waals surface area contributed by atoms with Crippen LogP contribution in [0.2, 0.25) is 0 Å². The number of benzene rings is 1. The van der Waals surface area contributed by atoms with Crippen molar-refractivity contribution >= 4 is 23.4 Å². The molecule has 1 N–H and O–H groups in total. The van der Waals surface area contributed by atoms with E-state index in [9.17, 15) is 10.1 Å². The summed E-state index contributed by atoms with van der Waals surface area (Å²) in [5.74, 6) is 0.505. The van der Waals surface area contributed by atoms with Crippen LogP contribution in [0.15, 0.2) is 35.4 Å². The van der Waals surface area contributed by atoms with Crippen LogP contribution in [0.1, 0.15) is 55.0 Å². The van der Waals surface area contributed by atoms with Crippen molar-refractivity contribution in [2.45, 2.75) is 50.5 Å². The molecule has 0 atom stereocenters. The molecule has 0 spiro atoms. The number of para-hydroxylation sites is 1. The average Bonchev–Trinajstić information content (AvgIpc) is 2.65. The summed E-state index contributed by atoms with van der Waals surface area (Å²) in [6, 6.07) is 12.0. The van der Waals surface area contributed by atoms with Crippen molar-refractivity contribution in [3.63, 3.8) is 0 Å². The number of nitrogens with zero attached hydrogens (tertiary/aromatic N) is 2. The summed E-state index contributed by atoms with van der Waals surface area (Å²) in [6.45, 7) is 4.21. The molecule has 0 saturated carbocycles. The lowest BCUT2D eigenvalue weighted by Gasteiger charge is -2.16. The summed E-state index contributed by atoms with van der Waals surface area (Å²) >= 11 is 1.34. The second-order valence-corrected chi connectivity index (χ2v) is 7.81. The Morgan fingerprint density at radius 2 is 2.08 bits per heavy atom. The number of hydrogen-bond donors (Lipinski definition) is 1. The number of amides is 1. The number of aryl methyl sites for hydroxylation is 2. The summed E-state index contributed by atoms with van der Waals surface area (Å²) in [5.41, 5.74) is 4.82. The van der Waals surface area contributed by atoms with Gasteiger partial charge in [-0.25, -0.2) is 4.98 Å². The van der Waals surface area contributed by atoms with Gasteiger partial charge >= 0.3 is 0 Å². The number of carbonyl (C=O) groups excluding carboxylic acids is 1. The normalized spacial score (nSPS) is 13.2. The molecule has 4 nitrogen and oxygen atoms in total. The lowest BCUT2D eigenvalue weighted by atomic mass is 9.95. The first-order chi connectivity index (χ1) is 12.6. The molecule has 134 valence electrons. The summed E-state index contributed by atoms with van der Waals surface area (Å²) in [4.78, 5) is 17.1. The summed E-state index contributed by atoms with van der Waals surface area (Å²) < 4.78 is 0. The number of rotatable bonds is 5. The van der Waals surface area contributed by atoms with E-state index in [1.165, 1.54) is 17.3 Å². The predicted octanol–water partition coefficient (Wildman–Crippen LogP) is 4.69. The molecule has 1 aliphatic carbocycles. The largest absolute Gasteiger partial charge is 0.325 e. The predicted molar refractivity (Wildman–Crippen MR) is 105 cm³/mol. The van der Waals surface area contributed by atoms with Crippen molar-refractivity contribution in [1.82, 2.24) is 4.98 Å². The third kappa shape index (κ3) is 4.25. The van der Waals surface area contributed by atoms with Gasteiger partial charge in [0.2, 0.25) is 5.91 Å². The van der Waals surface area contributed by atoms with Gasteiger partial charge in [0.1, 0.15) is 11.1 Å². The Balaban J connectivity index is 1.69. The number of carbonyl (C=O) groups is 1. The van der Waals surface area contributed by atoms with Crippen molar-refractivity contribution in [2.75, 3.05) is 11.1 Å². The quantitative estimate of drug-likeness (QED) is 0.781. The molecular formula is C21H23N3OS. The van der Waals surface area contributed by atoms with Crippen molar-refractivity contribution in [1.29, 1.82) is 5.26 Å². The van der Waals surface area contributed by atoms with E-state index in [4.69, 9.17) is 0 Å². The molecule has 0 saturated heterocycles. The first-order valence-corrected chi connectivity index (χ1v) is 10.0. The van der Waals surface area contributed by atoms with Crippen LogP contribution in [-0.2, 0) is 17.6 Å². The van der Waals surface area contributed by atoms with Gasteiger partial charge in [-0.2, -0.15) is 5.26 Å². The first kappa shape index (κ1) is 18.5. The van der Waals surface area contributed by atoms with Crippen LogP contribution in [0.4, 0.5) is 5.69 Å². The van der Waals surface area contributed by atoms with Gasteiger partial charge in [-0.15, -0.1) is 0 Å². The number of fused-ring (bicyclic) bond motifs is 1. The number of thioether (sulfide) groups is 1. The van der Waals surface area contributed by atoms with Gasteiger partial charge in [0.25, 0.3) is 0 Å². The molecule has 1 amide bonds.